The Hall–Kier alpha value is -3.15. The number of imide groups is 1. The van der Waals surface area contributed by atoms with E-state index in [-0.39, 0.29) is 19.1 Å². The number of carbonyl (C=O) groups is 3. The fourth-order valence-electron chi connectivity index (χ4n) is 3.04. The van der Waals surface area contributed by atoms with Crippen molar-refractivity contribution in [3.63, 3.8) is 0 Å². The topological polar surface area (TPSA) is 72.9 Å². The number of amides is 2. The number of esters is 1. The first-order chi connectivity index (χ1) is 13.0. The number of carbonyl (C=O) groups excluding carboxylic acids is 3. The van der Waals surface area contributed by atoms with Gasteiger partial charge in [0, 0.05) is 0 Å². The Kier molecular flexibility index (Phi) is 5.54. The van der Waals surface area contributed by atoms with Gasteiger partial charge in [-0.15, -0.1) is 0 Å². The third-order valence-corrected chi connectivity index (χ3v) is 4.32. The second kappa shape index (κ2) is 8.03. The number of benzene rings is 2. The molecule has 6 heteroatoms. The van der Waals surface area contributed by atoms with Gasteiger partial charge >= 0.3 is 5.97 Å². The molecule has 0 fully saturated rings. The molecule has 0 saturated heterocycles. The minimum absolute atomic E-state index is 0.0279. The number of ether oxygens (including phenoxy) is 2. The van der Waals surface area contributed by atoms with Crippen LogP contribution in [0.4, 0.5) is 0 Å². The lowest BCUT2D eigenvalue weighted by atomic mass is 10.0. The van der Waals surface area contributed by atoms with Crippen LogP contribution in [0.25, 0.3) is 0 Å². The third kappa shape index (κ3) is 3.84. The monoisotopic (exact) mass is 367 g/mol. The van der Waals surface area contributed by atoms with Crippen LogP contribution in [0.5, 0.6) is 5.75 Å². The molecule has 0 bridgehead atoms. The molecule has 0 saturated carbocycles. The largest absolute Gasteiger partial charge is 0.490 e. The SMILES string of the molecule is CC(C)[C@@H](C(=O)OCCOc1ccccc1)N1C(=O)c2ccccc2C1=O. The van der Waals surface area contributed by atoms with Gasteiger partial charge in [0.05, 0.1) is 11.1 Å². The second-order valence-corrected chi connectivity index (χ2v) is 6.54. The highest BCUT2D eigenvalue weighted by Gasteiger charge is 2.44. The Morgan fingerprint density at radius 2 is 1.44 bits per heavy atom. The summed E-state index contributed by atoms with van der Waals surface area (Å²) in [6.45, 7) is 3.76. The van der Waals surface area contributed by atoms with Crippen molar-refractivity contribution in [3.05, 3.63) is 65.7 Å². The summed E-state index contributed by atoms with van der Waals surface area (Å²) in [5.41, 5.74) is 0.627. The summed E-state index contributed by atoms with van der Waals surface area (Å²) in [6.07, 6.45) is 0. The van der Waals surface area contributed by atoms with E-state index in [1.54, 1.807) is 50.2 Å². The summed E-state index contributed by atoms with van der Waals surface area (Å²) < 4.78 is 10.8. The summed E-state index contributed by atoms with van der Waals surface area (Å²) in [7, 11) is 0. The molecule has 1 aliphatic heterocycles. The lowest BCUT2D eigenvalue weighted by Crippen LogP contribution is -2.48. The first kappa shape index (κ1) is 18.6. The van der Waals surface area contributed by atoms with Crippen LogP contribution in [0, 0.1) is 5.92 Å². The Balaban J connectivity index is 1.64. The van der Waals surface area contributed by atoms with Gasteiger partial charge in [-0.05, 0) is 30.2 Å². The molecule has 0 radical (unpaired) electrons. The highest BCUT2D eigenvalue weighted by molar-refractivity contribution is 6.22. The maximum absolute atomic E-state index is 12.6. The molecule has 1 heterocycles. The molecule has 0 aliphatic carbocycles. The van der Waals surface area contributed by atoms with Crippen LogP contribution in [-0.4, -0.2) is 41.9 Å². The zero-order valence-electron chi connectivity index (χ0n) is 15.3. The van der Waals surface area contributed by atoms with Crippen molar-refractivity contribution in [1.82, 2.24) is 4.90 Å². The number of nitrogens with zero attached hydrogens (tertiary/aromatic N) is 1. The number of hydrogen-bond acceptors (Lipinski definition) is 5. The van der Waals surface area contributed by atoms with E-state index in [0.717, 1.165) is 4.90 Å². The average molecular weight is 367 g/mol. The van der Waals surface area contributed by atoms with Gasteiger partial charge in [-0.25, -0.2) is 4.79 Å². The zero-order chi connectivity index (χ0) is 19.4. The van der Waals surface area contributed by atoms with E-state index in [2.05, 4.69) is 0 Å². The summed E-state index contributed by atoms with van der Waals surface area (Å²) in [4.78, 5) is 38.9. The second-order valence-electron chi connectivity index (χ2n) is 6.54. The van der Waals surface area contributed by atoms with Crippen LogP contribution >= 0.6 is 0 Å². The van der Waals surface area contributed by atoms with E-state index in [0.29, 0.717) is 16.9 Å². The smallest absolute Gasteiger partial charge is 0.329 e. The van der Waals surface area contributed by atoms with Crippen LogP contribution < -0.4 is 4.74 Å². The van der Waals surface area contributed by atoms with Gasteiger partial charge in [0.25, 0.3) is 11.8 Å². The minimum Gasteiger partial charge on any atom is -0.490 e. The number of para-hydroxylation sites is 1. The van der Waals surface area contributed by atoms with Crippen LogP contribution in [0.3, 0.4) is 0 Å². The van der Waals surface area contributed by atoms with Crippen LogP contribution in [0.1, 0.15) is 34.6 Å². The molecule has 2 amide bonds. The van der Waals surface area contributed by atoms with E-state index in [1.165, 1.54) is 0 Å². The summed E-state index contributed by atoms with van der Waals surface area (Å²) in [5, 5.41) is 0. The van der Waals surface area contributed by atoms with Crippen LogP contribution in [0.2, 0.25) is 0 Å². The molecule has 140 valence electrons. The molecule has 2 aromatic rings. The van der Waals surface area contributed by atoms with E-state index in [9.17, 15) is 14.4 Å². The molecule has 0 N–H and O–H groups in total. The van der Waals surface area contributed by atoms with E-state index >= 15 is 0 Å². The van der Waals surface area contributed by atoms with E-state index < -0.39 is 23.8 Å². The first-order valence-corrected chi connectivity index (χ1v) is 8.82. The molecule has 0 aromatic heterocycles. The molecule has 6 nitrogen and oxygen atoms in total. The molecule has 1 atom stereocenters. The van der Waals surface area contributed by atoms with Crippen molar-refractivity contribution >= 4 is 17.8 Å². The molecular weight excluding hydrogens is 346 g/mol. The fourth-order valence-corrected chi connectivity index (χ4v) is 3.04. The molecule has 3 rings (SSSR count). The van der Waals surface area contributed by atoms with Gasteiger partial charge in [-0.2, -0.15) is 0 Å². The standard InChI is InChI=1S/C21H21NO5/c1-14(2)18(21(25)27-13-12-26-15-8-4-3-5-9-15)22-19(23)16-10-6-7-11-17(16)20(22)24/h3-11,14,18H,12-13H2,1-2H3/t18-/m0/s1. The summed E-state index contributed by atoms with van der Waals surface area (Å²) in [6, 6.07) is 14.8. The molecular formula is C21H21NO5. The minimum atomic E-state index is -0.978. The number of rotatable bonds is 7. The van der Waals surface area contributed by atoms with Crippen LogP contribution in [0.15, 0.2) is 54.6 Å². The summed E-state index contributed by atoms with van der Waals surface area (Å²) in [5.74, 6) is -1.15. The predicted octanol–water partition coefficient (Wildman–Crippen LogP) is 2.93. The van der Waals surface area contributed by atoms with E-state index in [1.807, 2.05) is 18.2 Å². The third-order valence-electron chi connectivity index (χ3n) is 4.32. The number of hydrogen-bond donors (Lipinski definition) is 0. The van der Waals surface area contributed by atoms with Gasteiger partial charge in [-0.1, -0.05) is 44.2 Å². The zero-order valence-corrected chi connectivity index (χ0v) is 15.3. The van der Waals surface area contributed by atoms with Gasteiger partial charge in [-0.3, -0.25) is 14.5 Å². The van der Waals surface area contributed by atoms with Gasteiger partial charge in [0.15, 0.2) is 0 Å². The Labute approximate surface area is 157 Å². The van der Waals surface area contributed by atoms with Gasteiger partial charge in [0.2, 0.25) is 0 Å². The number of fused-ring (bicyclic) bond motifs is 1. The molecule has 0 unspecified atom stereocenters. The highest BCUT2D eigenvalue weighted by Crippen LogP contribution is 2.27. The molecule has 0 spiro atoms. The first-order valence-electron chi connectivity index (χ1n) is 8.82. The maximum atomic E-state index is 12.6. The highest BCUT2D eigenvalue weighted by atomic mass is 16.6. The van der Waals surface area contributed by atoms with Crippen molar-refractivity contribution in [2.75, 3.05) is 13.2 Å². The van der Waals surface area contributed by atoms with Crippen molar-refractivity contribution in [2.45, 2.75) is 19.9 Å². The molecule has 27 heavy (non-hydrogen) atoms. The van der Waals surface area contributed by atoms with Crippen molar-refractivity contribution < 1.29 is 23.9 Å². The fraction of sp³-hybridized carbons (Fsp3) is 0.286. The van der Waals surface area contributed by atoms with Crippen molar-refractivity contribution in [1.29, 1.82) is 0 Å². The quantitative estimate of drug-likeness (QED) is 0.427. The average Bonchev–Trinajstić information content (AvgIpc) is 2.92. The Morgan fingerprint density at radius 1 is 0.889 bits per heavy atom. The molecule has 1 aliphatic rings. The predicted molar refractivity (Wildman–Crippen MR) is 98.5 cm³/mol. The normalized spacial score (nSPS) is 14.3. The van der Waals surface area contributed by atoms with E-state index in [4.69, 9.17) is 9.47 Å². The maximum Gasteiger partial charge on any atom is 0.329 e. The van der Waals surface area contributed by atoms with Crippen molar-refractivity contribution in [3.8, 4) is 5.75 Å². The summed E-state index contributed by atoms with van der Waals surface area (Å²) >= 11 is 0. The van der Waals surface area contributed by atoms with Crippen LogP contribution in [-0.2, 0) is 9.53 Å². The van der Waals surface area contributed by atoms with Crippen molar-refractivity contribution in [2.24, 2.45) is 5.92 Å². The van der Waals surface area contributed by atoms with Gasteiger partial charge in [0.1, 0.15) is 25.0 Å². The lowest BCUT2D eigenvalue weighted by Gasteiger charge is -2.27. The Morgan fingerprint density at radius 3 is 2.00 bits per heavy atom. The van der Waals surface area contributed by atoms with Gasteiger partial charge < -0.3 is 9.47 Å². The molecule has 2 aromatic carbocycles. The lowest BCUT2D eigenvalue weighted by molar-refractivity contribution is -0.150. The Bertz CT molecular complexity index is 812.